The molecule has 4 heteroatoms. The lowest BCUT2D eigenvalue weighted by atomic mass is 10.1. The average Bonchev–Trinajstić information content (AvgIpc) is 2.62. The van der Waals surface area contributed by atoms with Gasteiger partial charge in [0.2, 0.25) is 5.88 Å². The van der Waals surface area contributed by atoms with Crippen molar-refractivity contribution in [2.24, 2.45) is 0 Å². The molecule has 2 N–H and O–H groups in total. The van der Waals surface area contributed by atoms with E-state index in [1.54, 1.807) is 6.26 Å². The molecule has 0 bridgehead atoms. The van der Waals surface area contributed by atoms with Crippen molar-refractivity contribution < 1.29 is 8.94 Å². The van der Waals surface area contributed by atoms with E-state index >= 15 is 0 Å². The minimum atomic E-state index is 0.357. The Bertz CT molecular complexity index is 429. The van der Waals surface area contributed by atoms with Gasteiger partial charge in [0.15, 0.2) is 0 Å². The van der Waals surface area contributed by atoms with Gasteiger partial charge in [-0.1, -0.05) is 5.16 Å². The van der Waals surface area contributed by atoms with Crippen molar-refractivity contribution in [1.82, 2.24) is 5.16 Å². The molecule has 2 heterocycles. The fourth-order valence-corrected chi connectivity index (χ4v) is 1.23. The van der Waals surface area contributed by atoms with Crippen molar-refractivity contribution in [2.75, 3.05) is 5.73 Å². The van der Waals surface area contributed by atoms with E-state index in [1.807, 2.05) is 19.9 Å². The zero-order valence-electron chi connectivity index (χ0n) is 7.50. The molecule has 0 saturated carbocycles. The SMILES string of the molecule is Cc1occc1-c1noc(N)c1C. The molecule has 0 unspecified atom stereocenters. The molecule has 0 radical (unpaired) electrons. The third kappa shape index (κ3) is 1.11. The van der Waals surface area contributed by atoms with Gasteiger partial charge in [0.25, 0.3) is 0 Å². The molecule has 0 spiro atoms. The van der Waals surface area contributed by atoms with Crippen molar-refractivity contribution in [3.63, 3.8) is 0 Å². The Morgan fingerprint density at radius 3 is 2.62 bits per heavy atom. The van der Waals surface area contributed by atoms with Gasteiger partial charge in [0.1, 0.15) is 11.5 Å². The fraction of sp³-hybridized carbons (Fsp3) is 0.222. The molecule has 2 rings (SSSR count). The summed E-state index contributed by atoms with van der Waals surface area (Å²) >= 11 is 0. The van der Waals surface area contributed by atoms with Crippen LogP contribution in [0.1, 0.15) is 11.3 Å². The van der Waals surface area contributed by atoms with Gasteiger partial charge in [-0.25, -0.2) is 0 Å². The number of anilines is 1. The first-order chi connectivity index (χ1) is 6.20. The predicted molar refractivity (Wildman–Crippen MR) is 48.1 cm³/mol. The van der Waals surface area contributed by atoms with Crippen LogP contribution < -0.4 is 5.73 Å². The van der Waals surface area contributed by atoms with Gasteiger partial charge >= 0.3 is 0 Å². The molecule has 2 aromatic heterocycles. The largest absolute Gasteiger partial charge is 0.469 e. The van der Waals surface area contributed by atoms with E-state index in [-0.39, 0.29) is 0 Å². The Hall–Kier alpha value is -1.71. The summed E-state index contributed by atoms with van der Waals surface area (Å²) in [6.07, 6.45) is 1.62. The minimum Gasteiger partial charge on any atom is -0.469 e. The Kier molecular flexibility index (Phi) is 1.62. The highest BCUT2D eigenvalue weighted by Crippen LogP contribution is 2.28. The van der Waals surface area contributed by atoms with Crippen LogP contribution in [0, 0.1) is 13.8 Å². The number of nitrogens with two attached hydrogens (primary N) is 1. The van der Waals surface area contributed by atoms with Crippen LogP contribution >= 0.6 is 0 Å². The lowest BCUT2D eigenvalue weighted by molar-refractivity contribution is 0.438. The first-order valence-electron chi connectivity index (χ1n) is 3.96. The number of rotatable bonds is 1. The van der Waals surface area contributed by atoms with Crippen LogP contribution in [0.4, 0.5) is 5.88 Å². The van der Waals surface area contributed by atoms with Gasteiger partial charge in [0.05, 0.1) is 6.26 Å². The van der Waals surface area contributed by atoms with E-state index in [1.165, 1.54) is 0 Å². The number of nitrogens with zero attached hydrogens (tertiary/aromatic N) is 1. The third-order valence-electron chi connectivity index (χ3n) is 2.07. The highest BCUT2D eigenvalue weighted by Gasteiger charge is 2.14. The van der Waals surface area contributed by atoms with E-state index < -0.39 is 0 Å². The molecule has 13 heavy (non-hydrogen) atoms. The predicted octanol–water partition coefficient (Wildman–Crippen LogP) is 2.13. The Labute approximate surface area is 75.3 Å². The van der Waals surface area contributed by atoms with Crippen LogP contribution in [-0.4, -0.2) is 5.16 Å². The summed E-state index contributed by atoms with van der Waals surface area (Å²) in [5.74, 6) is 1.17. The monoisotopic (exact) mass is 178 g/mol. The van der Waals surface area contributed by atoms with E-state index in [2.05, 4.69) is 5.16 Å². The summed E-state index contributed by atoms with van der Waals surface area (Å²) in [5, 5.41) is 3.86. The molecule has 0 amide bonds. The maximum absolute atomic E-state index is 5.54. The van der Waals surface area contributed by atoms with Crippen LogP contribution in [0.15, 0.2) is 21.3 Å². The number of furan rings is 1. The number of nitrogen functional groups attached to an aromatic ring is 1. The Morgan fingerprint density at radius 2 is 2.15 bits per heavy atom. The molecule has 0 aromatic carbocycles. The third-order valence-corrected chi connectivity index (χ3v) is 2.07. The van der Waals surface area contributed by atoms with Crippen LogP contribution in [0.2, 0.25) is 0 Å². The summed E-state index contributed by atoms with van der Waals surface area (Å²) in [6.45, 7) is 3.74. The molecular formula is C9H10N2O2. The normalized spacial score (nSPS) is 10.6. The van der Waals surface area contributed by atoms with Gasteiger partial charge in [-0.2, -0.15) is 0 Å². The van der Waals surface area contributed by atoms with Crippen LogP contribution in [0.25, 0.3) is 11.3 Å². The van der Waals surface area contributed by atoms with Gasteiger partial charge in [-0.05, 0) is 19.9 Å². The van der Waals surface area contributed by atoms with Crippen LogP contribution in [0.3, 0.4) is 0 Å². The van der Waals surface area contributed by atoms with Crippen molar-refractivity contribution in [2.45, 2.75) is 13.8 Å². The Balaban J connectivity index is 2.59. The smallest absolute Gasteiger partial charge is 0.225 e. The second-order valence-corrected chi connectivity index (χ2v) is 2.91. The van der Waals surface area contributed by atoms with Gasteiger partial charge in [0, 0.05) is 11.1 Å². The maximum atomic E-state index is 5.54. The van der Waals surface area contributed by atoms with E-state index in [9.17, 15) is 0 Å². The second-order valence-electron chi connectivity index (χ2n) is 2.91. The highest BCUT2D eigenvalue weighted by molar-refractivity contribution is 5.67. The average molecular weight is 178 g/mol. The van der Waals surface area contributed by atoms with E-state index in [0.717, 1.165) is 22.6 Å². The van der Waals surface area contributed by atoms with Gasteiger partial charge in [-0.15, -0.1) is 0 Å². The summed E-state index contributed by atoms with van der Waals surface area (Å²) < 4.78 is 10.0. The number of aromatic nitrogens is 1. The van der Waals surface area contributed by atoms with Crippen molar-refractivity contribution in [1.29, 1.82) is 0 Å². The quantitative estimate of drug-likeness (QED) is 0.726. The summed E-state index contributed by atoms with van der Waals surface area (Å²) in [5.41, 5.74) is 8.07. The zero-order chi connectivity index (χ0) is 9.42. The molecule has 4 nitrogen and oxygen atoms in total. The maximum Gasteiger partial charge on any atom is 0.225 e. The molecule has 0 aliphatic rings. The molecule has 0 aliphatic heterocycles. The molecule has 68 valence electrons. The minimum absolute atomic E-state index is 0.357. The van der Waals surface area contributed by atoms with Crippen molar-refractivity contribution >= 4 is 5.88 Å². The van der Waals surface area contributed by atoms with Gasteiger partial charge in [-0.3, -0.25) is 0 Å². The number of hydrogen-bond donors (Lipinski definition) is 1. The highest BCUT2D eigenvalue weighted by atomic mass is 16.5. The molecule has 0 fully saturated rings. The van der Waals surface area contributed by atoms with Crippen LogP contribution in [-0.2, 0) is 0 Å². The lowest BCUT2D eigenvalue weighted by Crippen LogP contribution is -1.84. The number of aryl methyl sites for hydroxylation is 1. The molecular weight excluding hydrogens is 168 g/mol. The van der Waals surface area contributed by atoms with Crippen molar-refractivity contribution in [3.8, 4) is 11.3 Å². The van der Waals surface area contributed by atoms with Crippen LogP contribution in [0.5, 0.6) is 0 Å². The lowest BCUT2D eigenvalue weighted by Gasteiger charge is -1.92. The summed E-state index contributed by atoms with van der Waals surface area (Å²) in [7, 11) is 0. The van der Waals surface area contributed by atoms with E-state index in [0.29, 0.717) is 5.88 Å². The second kappa shape index (κ2) is 2.65. The molecule has 0 atom stereocenters. The fourth-order valence-electron chi connectivity index (χ4n) is 1.23. The van der Waals surface area contributed by atoms with Crippen molar-refractivity contribution in [3.05, 3.63) is 23.7 Å². The summed E-state index contributed by atoms with van der Waals surface area (Å²) in [4.78, 5) is 0. The first kappa shape index (κ1) is 7.91. The Morgan fingerprint density at radius 1 is 1.38 bits per heavy atom. The first-order valence-corrected chi connectivity index (χ1v) is 3.96. The molecule has 0 saturated heterocycles. The summed E-state index contributed by atoms with van der Waals surface area (Å²) in [6, 6.07) is 1.85. The van der Waals surface area contributed by atoms with Gasteiger partial charge < -0.3 is 14.7 Å². The number of hydrogen-bond acceptors (Lipinski definition) is 4. The zero-order valence-corrected chi connectivity index (χ0v) is 7.50. The molecule has 0 aliphatic carbocycles. The van der Waals surface area contributed by atoms with E-state index in [4.69, 9.17) is 14.7 Å². The standard InChI is InChI=1S/C9H10N2O2/c1-5-8(11-13-9(5)10)7-3-4-12-6(7)2/h3-4H,10H2,1-2H3. The molecule has 2 aromatic rings. The topological polar surface area (TPSA) is 65.2 Å².